The van der Waals surface area contributed by atoms with Crippen LogP contribution in [0.2, 0.25) is 0 Å². The molecule has 1 amide bonds. The van der Waals surface area contributed by atoms with Gasteiger partial charge in [0, 0.05) is 36.6 Å². The van der Waals surface area contributed by atoms with Crippen LogP contribution in [0.25, 0.3) is 0 Å². The zero-order chi connectivity index (χ0) is 19.4. The molecule has 0 bridgehead atoms. The van der Waals surface area contributed by atoms with Crippen LogP contribution < -0.4 is 14.8 Å². The summed E-state index contributed by atoms with van der Waals surface area (Å²) < 4.78 is 16.2. The first kappa shape index (κ1) is 19.6. The Balaban J connectivity index is 1.64. The standard InChI is InChI=1S/C19H25N3O4S/c1-12-8-22(9-13(2)26-12)10-15-11-27-19(20-15)21-18(23)14-5-16(24-3)7-17(6-14)25-4/h5-7,11-13H,8-10H2,1-4H3,(H,20,21,23)/t12-,13-/m1/s1. The third kappa shape index (κ3) is 5.18. The average Bonchev–Trinajstić information content (AvgIpc) is 3.07. The van der Waals surface area contributed by atoms with Crippen molar-refractivity contribution in [1.29, 1.82) is 0 Å². The van der Waals surface area contributed by atoms with E-state index < -0.39 is 0 Å². The first-order chi connectivity index (χ1) is 13.0. The highest BCUT2D eigenvalue weighted by molar-refractivity contribution is 7.13. The van der Waals surface area contributed by atoms with E-state index in [1.807, 2.05) is 5.38 Å². The molecule has 1 fully saturated rings. The molecule has 1 saturated heterocycles. The fourth-order valence-electron chi connectivity index (χ4n) is 3.19. The maximum atomic E-state index is 12.6. The summed E-state index contributed by atoms with van der Waals surface area (Å²) in [6.07, 6.45) is 0.434. The van der Waals surface area contributed by atoms with Crippen LogP contribution >= 0.6 is 11.3 Å². The van der Waals surface area contributed by atoms with Gasteiger partial charge >= 0.3 is 0 Å². The molecule has 2 aromatic rings. The molecule has 0 saturated carbocycles. The number of anilines is 1. The Bertz CT molecular complexity index is 763. The van der Waals surface area contributed by atoms with Crippen LogP contribution in [0, 0.1) is 0 Å². The van der Waals surface area contributed by atoms with Crippen molar-refractivity contribution in [2.45, 2.75) is 32.6 Å². The van der Waals surface area contributed by atoms with E-state index in [4.69, 9.17) is 14.2 Å². The SMILES string of the molecule is COc1cc(OC)cc(C(=O)Nc2nc(CN3C[C@@H](C)O[C@H](C)C3)cs2)c1. The number of benzene rings is 1. The Kier molecular flexibility index (Phi) is 6.30. The highest BCUT2D eigenvalue weighted by atomic mass is 32.1. The number of nitrogens with one attached hydrogen (secondary N) is 1. The Morgan fingerprint density at radius 3 is 2.44 bits per heavy atom. The number of rotatable bonds is 6. The molecular formula is C19H25N3O4S. The van der Waals surface area contributed by atoms with E-state index in [0.717, 1.165) is 25.3 Å². The normalized spacial score (nSPS) is 20.3. The van der Waals surface area contributed by atoms with Crippen LogP contribution in [-0.4, -0.2) is 55.3 Å². The second-order valence-corrected chi connectivity index (χ2v) is 7.51. The lowest BCUT2D eigenvalue weighted by atomic mass is 10.2. The summed E-state index contributed by atoms with van der Waals surface area (Å²) in [4.78, 5) is 19.4. The molecule has 0 aliphatic carbocycles. The lowest BCUT2D eigenvalue weighted by Gasteiger charge is -2.34. The number of amides is 1. The first-order valence-electron chi connectivity index (χ1n) is 8.83. The lowest BCUT2D eigenvalue weighted by molar-refractivity contribution is -0.0707. The number of hydrogen-bond acceptors (Lipinski definition) is 7. The van der Waals surface area contributed by atoms with Crippen LogP contribution in [0.3, 0.4) is 0 Å². The van der Waals surface area contributed by atoms with Crippen molar-refractivity contribution in [2.75, 3.05) is 32.6 Å². The Morgan fingerprint density at radius 1 is 1.22 bits per heavy atom. The number of methoxy groups -OCH3 is 2. The van der Waals surface area contributed by atoms with Gasteiger partial charge in [-0.15, -0.1) is 11.3 Å². The fraction of sp³-hybridized carbons (Fsp3) is 0.474. The van der Waals surface area contributed by atoms with Crippen molar-refractivity contribution in [1.82, 2.24) is 9.88 Å². The highest BCUT2D eigenvalue weighted by Gasteiger charge is 2.23. The average molecular weight is 391 g/mol. The molecule has 2 atom stereocenters. The van der Waals surface area contributed by atoms with Crippen molar-refractivity contribution in [3.8, 4) is 11.5 Å². The molecule has 8 heteroatoms. The summed E-state index contributed by atoms with van der Waals surface area (Å²) in [7, 11) is 3.10. The lowest BCUT2D eigenvalue weighted by Crippen LogP contribution is -2.44. The quantitative estimate of drug-likeness (QED) is 0.816. The summed E-state index contributed by atoms with van der Waals surface area (Å²) in [5.41, 5.74) is 1.40. The van der Waals surface area contributed by atoms with Gasteiger partial charge in [-0.1, -0.05) is 0 Å². The molecule has 0 unspecified atom stereocenters. The summed E-state index contributed by atoms with van der Waals surface area (Å²) in [6, 6.07) is 5.06. The smallest absolute Gasteiger partial charge is 0.257 e. The number of thiazole rings is 1. The van der Waals surface area contributed by atoms with Crippen molar-refractivity contribution >= 4 is 22.4 Å². The monoisotopic (exact) mass is 391 g/mol. The number of ether oxygens (including phenoxy) is 3. The molecule has 27 heavy (non-hydrogen) atoms. The van der Waals surface area contributed by atoms with Crippen molar-refractivity contribution in [3.63, 3.8) is 0 Å². The first-order valence-corrected chi connectivity index (χ1v) is 9.71. The topological polar surface area (TPSA) is 72.9 Å². The van der Waals surface area contributed by atoms with Crippen molar-refractivity contribution in [3.05, 3.63) is 34.8 Å². The van der Waals surface area contributed by atoms with Crippen LogP contribution in [0.4, 0.5) is 5.13 Å². The largest absolute Gasteiger partial charge is 0.497 e. The van der Waals surface area contributed by atoms with Gasteiger partial charge in [0.25, 0.3) is 5.91 Å². The summed E-state index contributed by atoms with van der Waals surface area (Å²) in [5.74, 6) is 0.881. The molecular weight excluding hydrogens is 366 g/mol. The molecule has 1 N–H and O–H groups in total. The van der Waals surface area contributed by atoms with Gasteiger partial charge < -0.3 is 14.2 Å². The Morgan fingerprint density at radius 2 is 1.85 bits per heavy atom. The molecule has 2 heterocycles. The molecule has 1 aliphatic rings. The minimum absolute atomic E-state index is 0.217. The van der Waals surface area contributed by atoms with Crippen LogP contribution in [-0.2, 0) is 11.3 Å². The zero-order valence-electron chi connectivity index (χ0n) is 16.0. The molecule has 0 radical (unpaired) electrons. The second kappa shape index (κ2) is 8.69. The predicted octanol–water partition coefficient (Wildman–Crippen LogP) is 3.02. The van der Waals surface area contributed by atoms with Crippen molar-refractivity contribution in [2.24, 2.45) is 0 Å². The molecule has 7 nitrogen and oxygen atoms in total. The molecule has 1 aliphatic heterocycles. The Labute approximate surface area is 163 Å². The van der Waals surface area contributed by atoms with E-state index in [1.54, 1.807) is 32.4 Å². The third-order valence-corrected chi connectivity index (χ3v) is 5.07. The molecule has 1 aromatic carbocycles. The second-order valence-electron chi connectivity index (χ2n) is 6.65. The molecule has 0 spiro atoms. The van der Waals surface area contributed by atoms with Crippen LogP contribution in [0.5, 0.6) is 11.5 Å². The minimum Gasteiger partial charge on any atom is -0.497 e. The summed E-state index contributed by atoms with van der Waals surface area (Å²) in [5, 5.41) is 5.40. The van der Waals surface area contributed by atoms with E-state index in [9.17, 15) is 4.79 Å². The number of morpholine rings is 1. The third-order valence-electron chi connectivity index (χ3n) is 4.27. The van der Waals surface area contributed by atoms with E-state index in [2.05, 4.69) is 29.0 Å². The van der Waals surface area contributed by atoms with E-state index in [-0.39, 0.29) is 18.1 Å². The maximum Gasteiger partial charge on any atom is 0.257 e. The van der Waals surface area contributed by atoms with E-state index in [0.29, 0.717) is 22.2 Å². The van der Waals surface area contributed by atoms with Gasteiger partial charge in [-0.3, -0.25) is 15.0 Å². The van der Waals surface area contributed by atoms with Gasteiger partial charge in [0.15, 0.2) is 5.13 Å². The Hall–Kier alpha value is -2.16. The number of nitrogens with zero attached hydrogens (tertiary/aromatic N) is 2. The molecule has 146 valence electrons. The van der Waals surface area contributed by atoms with E-state index >= 15 is 0 Å². The number of aromatic nitrogens is 1. The van der Waals surface area contributed by atoms with E-state index in [1.165, 1.54) is 11.3 Å². The van der Waals surface area contributed by atoms with Crippen LogP contribution in [0.1, 0.15) is 29.9 Å². The zero-order valence-corrected chi connectivity index (χ0v) is 16.8. The fourth-order valence-corrected chi connectivity index (χ4v) is 3.88. The number of carbonyl (C=O) groups is 1. The molecule has 3 rings (SSSR count). The minimum atomic E-state index is -0.248. The van der Waals surface area contributed by atoms with Gasteiger partial charge in [-0.2, -0.15) is 0 Å². The van der Waals surface area contributed by atoms with Crippen LogP contribution in [0.15, 0.2) is 23.6 Å². The number of hydrogen-bond donors (Lipinski definition) is 1. The van der Waals surface area contributed by atoms with Gasteiger partial charge in [0.05, 0.1) is 32.1 Å². The van der Waals surface area contributed by atoms with Gasteiger partial charge in [-0.25, -0.2) is 4.98 Å². The summed E-state index contributed by atoms with van der Waals surface area (Å²) >= 11 is 1.42. The molecule has 1 aromatic heterocycles. The van der Waals surface area contributed by atoms with Crippen molar-refractivity contribution < 1.29 is 19.0 Å². The van der Waals surface area contributed by atoms with Gasteiger partial charge in [0.2, 0.25) is 0 Å². The van der Waals surface area contributed by atoms with Gasteiger partial charge in [0.1, 0.15) is 11.5 Å². The maximum absolute atomic E-state index is 12.6. The number of carbonyl (C=O) groups excluding carboxylic acids is 1. The van der Waals surface area contributed by atoms with Gasteiger partial charge in [-0.05, 0) is 26.0 Å². The predicted molar refractivity (Wildman–Crippen MR) is 105 cm³/mol. The summed E-state index contributed by atoms with van der Waals surface area (Å²) in [6.45, 7) is 6.67. The highest BCUT2D eigenvalue weighted by Crippen LogP contribution is 2.24.